The Kier molecular flexibility index (Phi) is 5.13. The predicted octanol–water partition coefficient (Wildman–Crippen LogP) is 11.6. The number of aromatic nitrogens is 1. The maximum atomic E-state index is 2.51. The van der Waals surface area contributed by atoms with Gasteiger partial charge in [0.25, 0.3) is 0 Å². The van der Waals surface area contributed by atoms with E-state index in [0.717, 1.165) is 0 Å². The van der Waals surface area contributed by atoms with Gasteiger partial charge in [0.05, 0.1) is 11.0 Å². The van der Waals surface area contributed by atoms with Crippen LogP contribution in [0.1, 0.15) is 0 Å². The first kappa shape index (κ1) is 23.5. The first-order valence-corrected chi connectivity index (χ1v) is 15.2. The van der Waals surface area contributed by atoms with Gasteiger partial charge < -0.3 is 4.57 Å². The first-order valence-electron chi connectivity index (χ1n) is 14.4. The summed E-state index contributed by atoms with van der Waals surface area (Å²) in [5.74, 6) is 0. The summed E-state index contributed by atoms with van der Waals surface area (Å²) in [5.41, 5.74) is 8.53. The third kappa shape index (κ3) is 3.43. The largest absolute Gasteiger partial charge is 0.309 e. The zero-order chi connectivity index (χ0) is 27.6. The fraction of sp³-hybridized carbons (Fsp3) is 0. The van der Waals surface area contributed by atoms with Crippen LogP contribution in [-0.4, -0.2) is 4.57 Å². The molecule has 0 radical (unpaired) electrons. The third-order valence-corrected chi connectivity index (χ3v) is 9.73. The molecule has 0 bridgehead atoms. The molecule has 9 rings (SSSR count). The lowest BCUT2D eigenvalue weighted by Crippen LogP contribution is -1.96. The molecule has 0 aliphatic heterocycles. The minimum absolute atomic E-state index is 1.17. The van der Waals surface area contributed by atoms with Gasteiger partial charge in [-0.1, -0.05) is 121 Å². The number of benzene rings is 7. The molecule has 0 saturated heterocycles. The minimum atomic E-state index is 1.17. The van der Waals surface area contributed by atoms with Gasteiger partial charge in [-0.3, -0.25) is 0 Å². The van der Waals surface area contributed by atoms with Gasteiger partial charge >= 0.3 is 0 Å². The first-order chi connectivity index (χ1) is 20.8. The van der Waals surface area contributed by atoms with Gasteiger partial charge in [0, 0.05) is 42.0 Å². The van der Waals surface area contributed by atoms with E-state index in [-0.39, 0.29) is 0 Å². The van der Waals surface area contributed by atoms with Gasteiger partial charge in [-0.05, 0) is 58.0 Å². The zero-order valence-corrected chi connectivity index (χ0v) is 23.6. The fourth-order valence-electron chi connectivity index (χ4n) is 6.72. The quantitative estimate of drug-likeness (QED) is 0.206. The van der Waals surface area contributed by atoms with Gasteiger partial charge in [0.2, 0.25) is 0 Å². The topological polar surface area (TPSA) is 4.93 Å². The summed E-state index contributed by atoms with van der Waals surface area (Å²) >= 11 is 1.92. The molecule has 0 saturated carbocycles. The maximum Gasteiger partial charge on any atom is 0.0634 e. The lowest BCUT2D eigenvalue weighted by Gasteiger charge is -2.15. The van der Waals surface area contributed by atoms with Gasteiger partial charge in [-0.15, -0.1) is 11.3 Å². The van der Waals surface area contributed by atoms with Crippen LogP contribution in [0.5, 0.6) is 0 Å². The second-order valence-electron chi connectivity index (χ2n) is 10.9. The van der Waals surface area contributed by atoms with E-state index in [9.17, 15) is 0 Å². The lowest BCUT2D eigenvalue weighted by molar-refractivity contribution is 1.19. The van der Waals surface area contributed by atoms with Gasteiger partial charge in [-0.2, -0.15) is 0 Å². The van der Waals surface area contributed by atoms with E-state index in [1.165, 1.54) is 80.7 Å². The van der Waals surface area contributed by atoms with E-state index >= 15 is 0 Å². The number of fused-ring (bicyclic) bond motifs is 10. The Morgan fingerprint density at radius 3 is 1.64 bits per heavy atom. The molecule has 0 N–H and O–H groups in total. The summed E-state index contributed by atoms with van der Waals surface area (Å²) in [7, 11) is 0. The number of thiophene rings is 1. The number of rotatable bonds is 3. The Bertz CT molecular complexity index is 2390. The van der Waals surface area contributed by atoms with Crippen LogP contribution in [0.25, 0.3) is 80.7 Å². The standard InChI is InChI=1S/C40H25NS/c1-3-13-26(14-4-1)28-23-29(27-15-5-2-6-16-27)25-30(24-28)41-35-21-11-9-19-33(35)38-39(41)32-18-8-7-17-31(32)37-34-20-10-12-22-36(34)42-40(37)38/h1-25H. The Hall–Kier alpha value is -5.18. The summed E-state index contributed by atoms with van der Waals surface area (Å²) in [5, 5.41) is 7.93. The molecule has 2 aromatic heterocycles. The molecular weight excluding hydrogens is 527 g/mol. The highest BCUT2D eigenvalue weighted by molar-refractivity contribution is 7.27. The van der Waals surface area contributed by atoms with Gasteiger partial charge in [0.1, 0.15) is 0 Å². The number of hydrogen-bond donors (Lipinski definition) is 0. The Morgan fingerprint density at radius 2 is 0.952 bits per heavy atom. The predicted molar refractivity (Wildman–Crippen MR) is 182 cm³/mol. The van der Waals surface area contributed by atoms with Crippen LogP contribution in [0, 0.1) is 0 Å². The zero-order valence-electron chi connectivity index (χ0n) is 22.8. The van der Waals surface area contributed by atoms with Crippen molar-refractivity contribution < 1.29 is 0 Å². The van der Waals surface area contributed by atoms with Gasteiger partial charge in [0.15, 0.2) is 0 Å². The minimum Gasteiger partial charge on any atom is -0.309 e. The molecule has 0 fully saturated rings. The summed E-state index contributed by atoms with van der Waals surface area (Å²) < 4.78 is 5.21. The van der Waals surface area contributed by atoms with Crippen LogP contribution < -0.4 is 0 Å². The van der Waals surface area contributed by atoms with Crippen LogP contribution in [0.2, 0.25) is 0 Å². The van der Waals surface area contributed by atoms with Gasteiger partial charge in [-0.25, -0.2) is 0 Å². The van der Waals surface area contributed by atoms with E-state index < -0.39 is 0 Å². The van der Waals surface area contributed by atoms with Crippen LogP contribution >= 0.6 is 11.3 Å². The van der Waals surface area contributed by atoms with Crippen molar-refractivity contribution in [1.29, 1.82) is 0 Å². The normalized spacial score (nSPS) is 11.8. The fourth-order valence-corrected chi connectivity index (χ4v) is 8.00. The molecule has 0 atom stereocenters. The average Bonchev–Trinajstić information content (AvgIpc) is 3.62. The van der Waals surface area contributed by atoms with Crippen molar-refractivity contribution in [2.75, 3.05) is 0 Å². The van der Waals surface area contributed by atoms with E-state index in [1.54, 1.807) is 0 Å². The molecule has 0 spiro atoms. The van der Waals surface area contributed by atoms with Crippen LogP contribution in [0.3, 0.4) is 0 Å². The SMILES string of the molecule is c1ccc(-c2cc(-c3ccccc3)cc(-n3c4ccccc4c4c5sc6ccccc6c5c5ccccc5c43)c2)cc1. The second-order valence-corrected chi connectivity index (χ2v) is 12.0. The lowest BCUT2D eigenvalue weighted by atomic mass is 9.97. The highest BCUT2D eigenvalue weighted by Gasteiger charge is 2.22. The van der Waals surface area contributed by atoms with E-state index in [4.69, 9.17) is 0 Å². The molecule has 42 heavy (non-hydrogen) atoms. The Morgan fingerprint density at radius 1 is 0.405 bits per heavy atom. The molecule has 196 valence electrons. The number of para-hydroxylation sites is 1. The highest BCUT2D eigenvalue weighted by Crippen LogP contribution is 2.48. The monoisotopic (exact) mass is 551 g/mol. The van der Waals surface area contributed by atoms with Crippen LogP contribution in [0.15, 0.2) is 152 Å². The van der Waals surface area contributed by atoms with E-state index in [2.05, 4.69) is 156 Å². The van der Waals surface area contributed by atoms with E-state index in [1.807, 2.05) is 11.3 Å². The molecule has 1 nitrogen and oxygen atoms in total. The van der Waals surface area contributed by atoms with E-state index in [0.29, 0.717) is 0 Å². The molecule has 0 aliphatic rings. The molecule has 0 aliphatic carbocycles. The molecular formula is C40H25NS. The molecule has 0 amide bonds. The summed E-state index contributed by atoms with van der Waals surface area (Å²) in [6, 6.07) is 55.2. The van der Waals surface area contributed by atoms with Crippen molar-refractivity contribution in [3.8, 4) is 27.9 Å². The van der Waals surface area contributed by atoms with Crippen molar-refractivity contribution in [1.82, 2.24) is 4.57 Å². The smallest absolute Gasteiger partial charge is 0.0634 e. The Balaban J connectivity index is 1.49. The number of hydrogen-bond acceptors (Lipinski definition) is 1. The second kappa shape index (κ2) is 9.17. The van der Waals surface area contributed by atoms with Crippen molar-refractivity contribution in [3.05, 3.63) is 152 Å². The van der Waals surface area contributed by atoms with Crippen molar-refractivity contribution in [2.24, 2.45) is 0 Å². The maximum absolute atomic E-state index is 2.51. The molecule has 2 heteroatoms. The summed E-state index contributed by atoms with van der Waals surface area (Å²) in [6.07, 6.45) is 0. The third-order valence-electron chi connectivity index (χ3n) is 8.54. The summed E-state index contributed by atoms with van der Waals surface area (Å²) in [4.78, 5) is 0. The molecule has 9 aromatic rings. The molecule has 2 heterocycles. The van der Waals surface area contributed by atoms with Crippen LogP contribution in [0.4, 0.5) is 0 Å². The van der Waals surface area contributed by atoms with Crippen molar-refractivity contribution in [2.45, 2.75) is 0 Å². The van der Waals surface area contributed by atoms with Crippen LogP contribution in [-0.2, 0) is 0 Å². The van der Waals surface area contributed by atoms with Crippen molar-refractivity contribution in [3.63, 3.8) is 0 Å². The molecule has 7 aromatic carbocycles. The Labute approximate surface area is 247 Å². The highest BCUT2D eigenvalue weighted by atomic mass is 32.1. The van der Waals surface area contributed by atoms with Crippen molar-refractivity contribution >= 4 is 64.1 Å². The summed E-state index contributed by atoms with van der Waals surface area (Å²) in [6.45, 7) is 0. The number of nitrogens with zero attached hydrogens (tertiary/aromatic N) is 1. The average molecular weight is 552 g/mol. The molecule has 0 unspecified atom stereocenters.